The maximum absolute atomic E-state index is 13.2. The minimum Gasteiger partial charge on any atom is -0.494 e. The summed E-state index contributed by atoms with van der Waals surface area (Å²) in [5, 5.41) is 0. The molecule has 0 aliphatic carbocycles. The molecule has 0 aliphatic heterocycles. The van der Waals surface area contributed by atoms with Gasteiger partial charge in [0.2, 0.25) is 0 Å². The largest absolute Gasteiger partial charge is 0.494 e. The number of hydrogen-bond acceptors (Lipinski definition) is 8. The Balaban J connectivity index is 1.31. The van der Waals surface area contributed by atoms with Crippen molar-refractivity contribution in [3.8, 4) is 51.0 Å². The number of ether oxygens (including phenoxy) is 5. The van der Waals surface area contributed by atoms with E-state index in [1.807, 2.05) is 62.4 Å². The van der Waals surface area contributed by atoms with Crippen molar-refractivity contribution in [3.63, 3.8) is 0 Å². The summed E-state index contributed by atoms with van der Waals surface area (Å²) in [4.78, 5) is 38.5. The van der Waals surface area contributed by atoms with Crippen molar-refractivity contribution in [2.75, 3.05) is 13.2 Å². The summed E-state index contributed by atoms with van der Waals surface area (Å²) in [5.41, 5.74) is 1.88. The molecule has 0 radical (unpaired) electrons. The Kier molecular flexibility index (Phi) is 12.3. The molecule has 5 aromatic rings. The number of esters is 3. The van der Waals surface area contributed by atoms with E-state index in [0.717, 1.165) is 58.7 Å². The van der Waals surface area contributed by atoms with Crippen LogP contribution < -0.4 is 23.7 Å². The second-order valence-corrected chi connectivity index (χ2v) is 11.7. The van der Waals surface area contributed by atoms with Gasteiger partial charge in [-0.1, -0.05) is 69.0 Å². The van der Waals surface area contributed by atoms with Gasteiger partial charge in [0.15, 0.2) is 11.5 Å². The number of carbonyl (C=O) groups excluding carboxylic acids is 3. The van der Waals surface area contributed by atoms with Gasteiger partial charge in [0.1, 0.15) is 22.8 Å². The smallest absolute Gasteiger partial charge is 0.422 e. The summed E-state index contributed by atoms with van der Waals surface area (Å²) in [7, 11) is 0. The second-order valence-electron chi connectivity index (χ2n) is 11.7. The molecule has 0 saturated heterocycles. The van der Waals surface area contributed by atoms with Crippen LogP contribution in [0.5, 0.6) is 28.7 Å². The zero-order chi connectivity index (χ0) is 38.0. The van der Waals surface area contributed by atoms with Gasteiger partial charge >= 0.3 is 24.1 Å². The summed E-state index contributed by atoms with van der Waals surface area (Å²) in [6, 6.07) is 31.2. The standard InChI is InChI=1S/C42H35F3O8/c1-4-24-49-34-18-14-30(15-19-34)28-6-10-32(11-7-28)40(47)51-36-22-23-37(38(26-36)53-39(46)27(3)42(43,44)45)52-41(48)33-12-8-29(9-13-33)31-16-20-35(21-17-31)50-25-5-2/h6-23,26H,3-5,24-25H2,1-2H3. The fraction of sp³-hybridized carbons (Fsp3) is 0.167. The number of alkyl halides is 3. The third kappa shape index (κ3) is 10.1. The van der Waals surface area contributed by atoms with E-state index in [1.165, 1.54) is 18.2 Å². The lowest BCUT2D eigenvalue weighted by Gasteiger charge is -2.14. The van der Waals surface area contributed by atoms with E-state index in [1.54, 1.807) is 36.4 Å². The van der Waals surface area contributed by atoms with Gasteiger partial charge in [-0.2, -0.15) is 13.2 Å². The van der Waals surface area contributed by atoms with Gasteiger partial charge in [-0.05, 0) is 95.8 Å². The van der Waals surface area contributed by atoms with Crippen LogP contribution in [-0.2, 0) is 4.79 Å². The van der Waals surface area contributed by atoms with E-state index in [9.17, 15) is 27.6 Å². The quantitative estimate of drug-likeness (QED) is 0.0634. The van der Waals surface area contributed by atoms with E-state index >= 15 is 0 Å². The Hall–Kier alpha value is -6.36. The Morgan fingerprint density at radius 2 is 0.925 bits per heavy atom. The van der Waals surface area contributed by atoms with Crippen LogP contribution in [0.15, 0.2) is 127 Å². The first-order chi connectivity index (χ1) is 25.4. The fourth-order valence-corrected chi connectivity index (χ4v) is 4.84. The lowest BCUT2D eigenvalue weighted by molar-refractivity contribution is -0.142. The van der Waals surface area contributed by atoms with Crippen molar-refractivity contribution in [2.45, 2.75) is 32.9 Å². The van der Waals surface area contributed by atoms with Crippen molar-refractivity contribution < 1.29 is 51.2 Å². The Bertz CT molecular complexity index is 2050. The molecule has 53 heavy (non-hydrogen) atoms. The van der Waals surface area contributed by atoms with E-state index < -0.39 is 41.2 Å². The van der Waals surface area contributed by atoms with E-state index in [4.69, 9.17) is 23.7 Å². The highest BCUT2D eigenvalue weighted by atomic mass is 19.4. The molecule has 0 N–H and O–H groups in total. The number of benzene rings is 5. The molecule has 5 aromatic carbocycles. The topological polar surface area (TPSA) is 97.4 Å². The first kappa shape index (κ1) is 37.9. The molecule has 0 aliphatic rings. The molecular formula is C42H35F3O8. The van der Waals surface area contributed by atoms with Gasteiger partial charge in [-0.3, -0.25) is 0 Å². The minimum atomic E-state index is -5.08. The molecule has 5 rings (SSSR count). The predicted octanol–water partition coefficient (Wildman–Crippen LogP) is 10.1. The molecular weight excluding hydrogens is 689 g/mol. The number of halogens is 3. The van der Waals surface area contributed by atoms with Crippen molar-refractivity contribution in [1.29, 1.82) is 0 Å². The van der Waals surface area contributed by atoms with Crippen LogP contribution in [0.1, 0.15) is 47.4 Å². The maximum Gasteiger partial charge on any atom is 0.422 e. The Labute approximate surface area is 304 Å². The summed E-state index contributed by atoms with van der Waals surface area (Å²) >= 11 is 0. The predicted molar refractivity (Wildman–Crippen MR) is 193 cm³/mol. The first-order valence-corrected chi connectivity index (χ1v) is 16.7. The zero-order valence-electron chi connectivity index (χ0n) is 28.9. The lowest BCUT2D eigenvalue weighted by Crippen LogP contribution is -2.23. The molecule has 0 fully saturated rings. The van der Waals surface area contributed by atoms with Crippen LogP contribution in [0.2, 0.25) is 0 Å². The Morgan fingerprint density at radius 1 is 0.528 bits per heavy atom. The van der Waals surface area contributed by atoms with Crippen LogP contribution in [0, 0.1) is 0 Å². The van der Waals surface area contributed by atoms with Gasteiger partial charge in [-0.15, -0.1) is 0 Å². The van der Waals surface area contributed by atoms with E-state index in [0.29, 0.717) is 13.2 Å². The summed E-state index contributed by atoms with van der Waals surface area (Å²) in [6.45, 7) is 8.00. The lowest BCUT2D eigenvalue weighted by atomic mass is 10.0. The fourth-order valence-electron chi connectivity index (χ4n) is 4.84. The number of rotatable bonds is 14. The van der Waals surface area contributed by atoms with E-state index in [-0.39, 0.29) is 16.9 Å². The van der Waals surface area contributed by atoms with Gasteiger partial charge in [-0.25, -0.2) is 14.4 Å². The van der Waals surface area contributed by atoms with Crippen molar-refractivity contribution >= 4 is 17.9 Å². The third-order valence-electron chi connectivity index (χ3n) is 7.68. The molecule has 11 heteroatoms. The number of hydrogen-bond donors (Lipinski definition) is 0. The van der Waals surface area contributed by atoms with Gasteiger partial charge in [0, 0.05) is 6.07 Å². The molecule has 272 valence electrons. The molecule has 0 saturated carbocycles. The van der Waals surface area contributed by atoms with Crippen LogP contribution in [0.3, 0.4) is 0 Å². The molecule has 0 atom stereocenters. The number of carbonyl (C=O) groups is 3. The van der Waals surface area contributed by atoms with Gasteiger partial charge < -0.3 is 23.7 Å². The highest BCUT2D eigenvalue weighted by Gasteiger charge is 2.38. The summed E-state index contributed by atoms with van der Waals surface area (Å²) in [5.74, 6) is -3.26. The molecule has 0 unspecified atom stereocenters. The van der Waals surface area contributed by atoms with Crippen LogP contribution in [0.25, 0.3) is 22.3 Å². The first-order valence-electron chi connectivity index (χ1n) is 16.7. The van der Waals surface area contributed by atoms with Crippen molar-refractivity contribution in [3.05, 3.63) is 139 Å². The molecule has 0 heterocycles. The van der Waals surface area contributed by atoms with Crippen LogP contribution in [0.4, 0.5) is 13.2 Å². The maximum atomic E-state index is 13.2. The average Bonchev–Trinajstić information content (AvgIpc) is 3.17. The van der Waals surface area contributed by atoms with Crippen molar-refractivity contribution in [2.24, 2.45) is 0 Å². The highest BCUT2D eigenvalue weighted by Crippen LogP contribution is 2.35. The van der Waals surface area contributed by atoms with Gasteiger partial charge in [0.25, 0.3) is 0 Å². The normalized spacial score (nSPS) is 11.0. The minimum absolute atomic E-state index is 0.105. The van der Waals surface area contributed by atoms with Crippen molar-refractivity contribution in [1.82, 2.24) is 0 Å². The SMILES string of the molecule is C=C(C(=O)Oc1cc(OC(=O)c2ccc(-c3ccc(OCCC)cc3)cc2)ccc1OC(=O)c1ccc(-c2ccc(OCCC)cc2)cc1)C(F)(F)F. The molecule has 0 spiro atoms. The average molecular weight is 725 g/mol. The Morgan fingerprint density at radius 3 is 1.34 bits per heavy atom. The van der Waals surface area contributed by atoms with Crippen LogP contribution >= 0.6 is 0 Å². The second kappa shape index (κ2) is 17.2. The third-order valence-corrected chi connectivity index (χ3v) is 7.68. The molecule has 0 aromatic heterocycles. The molecule has 0 bridgehead atoms. The highest BCUT2D eigenvalue weighted by molar-refractivity contribution is 5.94. The summed E-state index contributed by atoms with van der Waals surface area (Å²) in [6.07, 6.45) is -3.31. The zero-order valence-corrected chi connectivity index (χ0v) is 28.9. The van der Waals surface area contributed by atoms with E-state index in [2.05, 4.69) is 6.58 Å². The van der Waals surface area contributed by atoms with Gasteiger partial charge in [0.05, 0.1) is 24.3 Å². The monoisotopic (exact) mass is 724 g/mol. The summed E-state index contributed by atoms with van der Waals surface area (Å²) < 4.78 is 66.7. The molecule has 8 nitrogen and oxygen atoms in total. The van der Waals surface area contributed by atoms with Crippen LogP contribution in [-0.4, -0.2) is 37.3 Å². The molecule has 0 amide bonds.